The molecular formula is C20H18O6S. The van der Waals surface area contributed by atoms with Crippen LogP contribution in [0.2, 0.25) is 0 Å². The molecule has 2 aromatic carbocycles. The van der Waals surface area contributed by atoms with E-state index in [0.717, 1.165) is 6.26 Å². The molecule has 0 N–H and O–H groups in total. The molecule has 0 aliphatic carbocycles. The van der Waals surface area contributed by atoms with Crippen LogP contribution >= 0.6 is 0 Å². The number of hydrogen-bond donors (Lipinski definition) is 0. The number of rotatable bonds is 4. The SMILES string of the molecule is CC(=O)OC1(C)OC(=O)C(c2ccccc2)=C1c1ccc(S(C)(=O)=O)cc1. The first-order valence-corrected chi connectivity index (χ1v) is 10.0. The molecule has 3 rings (SSSR count). The number of cyclic esters (lactones) is 1. The third kappa shape index (κ3) is 3.64. The van der Waals surface area contributed by atoms with Crippen LogP contribution in [0.1, 0.15) is 25.0 Å². The van der Waals surface area contributed by atoms with Crippen LogP contribution in [0, 0.1) is 0 Å². The van der Waals surface area contributed by atoms with Crippen molar-refractivity contribution in [3.05, 3.63) is 65.7 Å². The van der Waals surface area contributed by atoms with Crippen molar-refractivity contribution in [2.45, 2.75) is 24.5 Å². The van der Waals surface area contributed by atoms with E-state index in [-0.39, 0.29) is 10.5 Å². The number of esters is 2. The molecule has 1 unspecified atom stereocenters. The molecule has 1 heterocycles. The standard InChI is InChI=1S/C20H18O6S/c1-13(21)25-20(2)18(15-9-11-16(12-10-15)27(3,23)24)17(19(22)26-20)14-7-5-4-6-8-14/h4-12H,1-3H3. The van der Waals surface area contributed by atoms with Crippen LogP contribution in [0.25, 0.3) is 11.1 Å². The van der Waals surface area contributed by atoms with Crippen molar-refractivity contribution in [3.8, 4) is 0 Å². The van der Waals surface area contributed by atoms with Gasteiger partial charge in [-0.1, -0.05) is 42.5 Å². The zero-order chi connectivity index (χ0) is 19.8. The van der Waals surface area contributed by atoms with Crippen LogP contribution in [0.3, 0.4) is 0 Å². The summed E-state index contributed by atoms with van der Waals surface area (Å²) in [5.74, 6) is -2.84. The molecule has 0 saturated heterocycles. The smallest absolute Gasteiger partial charge is 0.342 e. The maximum atomic E-state index is 12.6. The van der Waals surface area contributed by atoms with E-state index in [9.17, 15) is 18.0 Å². The Morgan fingerprint density at radius 3 is 2.11 bits per heavy atom. The molecule has 0 bridgehead atoms. The third-order valence-electron chi connectivity index (χ3n) is 4.17. The van der Waals surface area contributed by atoms with E-state index >= 15 is 0 Å². The van der Waals surface area contributed by atoms with E-state index in [1.54, 1.807) is 36.4 Å². The highest BCUT2D eigenvalue weighted by molar-refractivity contribution is 7.90. The lowest BCUT2D eigenvalue weighted by Gasteiger charge is -2.26. The first kappa shape index (κ1) is 18.8. The maximum Gasteiger partial charge on any atom is 0.342 e. The monoisotopic (exact) mass is 386 g/mol. The fourth-order valence-corrected chi connectivity index (χ4v) is 3.73. The zero-order valence-electron chi connectivity index (χ0n) is 15.1. The molecule has 7 heteroatoms. The van der Waals surface area contributed by atoms with Gasteiger partial charge in [0.2, 0.25) is 0 Å². The highest BCUT2D eigenvalue weighted by atomic mass is 32.2. The molecule has 0 radical (unpaired) electrons. The molecule has 6 nitrogen and oxygen atoms in total. The van der Waals surface area contributed by atoms with Gasteiger partial charge in [0.15, 0.2) is 9.84 Å². The van der Waals surface area contributed by atoms with Gasteiger partial charge in [-0.05, 0) is 23.3 Å². The van der Waals surface area contributed by atoms with E-state index in [4.69, 9.17) is 9.47 Å². The Balaban J connectivity index is 2.24. The van der Waals surface area contributed by atoms with E-state index in [1.807, 2.05) is 6.07 Å². The van der Waals surface area contributed by atoms with Crippen molar-refractivity contribution in [3.63, 3.8) is 0 Å². The molecule has 0 fully saturated rings. The van der Waals surface area contributed by atoms with Crippen LogP contribution in [-0.2, 0) is 28.9 Å². The largest absolute Gasteiger partial charge is 0.418 e. The van der Waals surface area contributed by atoms with Gasteiger partial charge in [-0.3, -0.25) is 4.79 Å². The van der Waals surface area contributed by atoms with Gasteiger partial charge in [-0.25, -0.2) is 13.2 Å². The lowest BCUT2D eigenvalue weighted by atomic mass is 9.91. The van der Waals surface area contributed by atoms with E-state index in [0.29, 0.717) is 16.7 Å². The molecular weight excluding hydrogens is 368 g/mol. The van der Waals surface area contributed by atoms with Crippen LogP contribution in [0.5, 0.6) is 0 Å². The number of carbonyl (C=O) groups is 2. The number of carbonyl (C=O) groups excluding carboxylic acids is 2. The van der Waals surface area contributed by atoms with Gasteiger partial charge in [0, 0.05) is 20.1 Å². The summed E-state index contributed by atoms with van der Waals surface area (Å²) < 4.78 is 34.2. The second kappa shape index (κ2) is 6.66. The highest BCUT2D eigenvalue weighted by Gasteiger charge is 2.48. The summed E-state index contributed by atoms with van der Waals surface area (Å²) in [6.45, 7) is 2.71. The molecule has 1 aliphatic rings. The lowest BCUT2D eigenvalue weighted by Crippen LogP contribution is -2.33. The summed E-state index contributed by atoms with van der Waals surface area (Å²) >= 11 is 0. The van der Waals surface area contributed by atoms with Crippen molar-refractivity contribution >= 4 is 32.9 Å². The molecule has 0 spiro atoms. The minimum Gasteiger partial charge on any atom is -0.418 e. The molecule has 1 atom stereocenters. The molecule has 0 saturated carbocycles. The minimum atomic E-state index is -3.37. The van der Waals surface area contributed by atoms with Crippen LogP contribution in [0.4, 0.5) is 0 Å². The van der Waals surface area contributed by atoms with Crippen LogP contribution in [0.15, 0.2) is 59.5 Å². The Kier molecular flexibility index (Phi) is 4.65. The van der Waals surface area contributed by atoms with E-state index in [1.165, 1.54) is 26.0 Å². The Morgan fingerprint density at radius 1 is 1.00 bits per heavy atom. The summed E-state index contributed by atoms with van der Waals surface area (Å²) in [6, 6.07) is 14.9. The predicted octanol–water partition coefficient (Wildman–Crippen LogP) is 2.84. The van der Waals surface area contributed by atoms with Gasteiger partial charge >= 0.3 is 11.9 Å². The Morgan fingerprint density at radius 2 is 1.59 bits per heavy atom. The second-order valence-corrected chi connectivity index (χ2v) is 8.36. The van der Waals surface area contributed by atoms with E-state index in [2.05, 4.69) is 0 Å². The molecule has 0 amide bonds. The van der Waals surface area contributed by atoms with E-state index < -0.39 is 27.6 Å². The first-order chi connectivity index (χ1) is 12.6. The fraction of sp³-hybridized carbons (Fsp3) is 0.200. The highest BCUT2D eigenvalue weighted by Crippen LogP contribution is 2.44. The predicted molar refractivity (Wildman–Crippen MR) is 99.1 cm³/mol. The number of benzene rings is 2. The number of sulfone groups is 1. The zero-order valence-corrected chi connectivity index (χ0v) is 15.9. The average Bonchev–Trinajstić information content (AvgIpc) is 2.84. The van der Waals surface area contributed by atoms with Crippen molar-refractivity contribution in [1.29, 1.82) is 0 Å². The Labute approximate surface area is 157 Å². The van der Waals surface area contributed by atoms with Crippen LogP contribution in [-0.4, -0.2) is 32.4 Å². The Bertz CT molecular complexity index is 1040. The summed E-state index contributed by atoms with van der Waals surface area (Å²) in [7, 11) is -3.37. The van der Waals surface area contributed by atoms with Gasteiger partial charge in [-0.2, -0.15) is 0 Å². The molecule has 27 heavy (non-hydrogen) atoms. The first-order valence-electron chi connectivity index (χ1n) is 8.15. The molecule has 0 aromatic heterocycles. The van der Waals surface area contributed by atoms with Crippen molar-refractivity contribution in [1.82, 2.24) is 0 Å². The topological polar surface area (TPSA) is 86.7 Å². The summed E-state index contributed by atoms with van der Waals surface area (Å²) in [5, 5.41) is 0. The third-order valence-corrected chi connectivity index (χ3v) is 5.30. The summed E-state index contributed by atoms with van der Waals surface area (Å²) in [4.78, 5) is 24.4. The van der Waals surface area contributed by atoms with Crippen molar-refractivity contribution in [2.24, 2.45) is 0 Å². The quantitative estimate of drug-likeness (QED) is 0.751. The van der Waals surface area contributed by atoms with Gasteiger partial charge in [0.1, 0.15) is 0 Å². The number of hydrogen-bond acceptors (Lipinski definition) is 6. The minimum absolute atomic E-state index is 0.146. The van der Waals surface area contributed by atoms with Gasteiger partial charge in [0.05, 0.1) is 16.0 Å². The number of ether oxygens (including phenoxy) is 2. The molecule has 1 aliphatic heterocycles. The van der Waals surface area contributed by atoms with Gasteiger partial charge < -0.3 is 9.47 Å². The molecule has 140 valence electrons. The van der Waals surface area contributed by atoms with Gasteiger partial charge in [-0.15, -0.1) is 0 Å². The average molecular weight is 386 g/mol. The fourth-order valence-electron chi connectivity index (χ4n) is 3.10. The van der Waals surface area contributed by atoms with Crippen LogP contribution < -0.4 is 0 Å². The second-order valence-electron chi connectivity index (χ2n) is 6.34. The molecule has 2 aromatic rings. The van der Waals surface area contributed by atoms with Crippen molar-refractivity contribution < 1.29 is 27.5 Å². The Hall–Kier alpha value is -2.93. The normalized spacial score (nSPS) is 19.7. The maximum absolute atomic E-state index is 12.6. The lowest BCUT2D eigenvalue weighted by molar-refractivity contribution is -0.193. The summed E-state index contributed by atoms with van der Waals surface area (Å²) in [6.07, 6.45) is 1.11. The van der Waals surface area contributed by atoms with Crippen molar-refractivity contribution in [2.75, 3.05) is 6.26 Å². The summed E-state index contributed by atoms with van der Waals surface area (Å²) in [5.41, 5.74) is 1.77. The van der Waals surface area contributed by atoms with Gasteiger partial charge in [0.25, 0.3) is 5.79 Å².